The van der Waals surface area contributed by atoms with Crippen molar-refractivity contribution in [3.8, 4) is 0 Å². The van der Waals surface area contributed by atoms with Crippen LogP contribution < -0.4 is 16.0 Å². The number of halogens is 1. The lowest BCUT2D eigenvalue weighted by molar-refractivity contribution is -0.115. The number of hydrogen-bond donors (Lipinski definition) is 3. The molecule has 0 heterocycles. The summed E-state index contributed by atoms with van der Waals surface area (Å²) >= 11 is 13.1. The standard InChI is InChI=1S/C25H26ClN3OS2/c1-4-23(24(30)27-20-13-10-17(3)22(26)15-20)32-21-7-5-6-19(14-21)29-25(31)28-18-11-8-16(2)9-12-18/h5-15,23H,4H2,1-3H3,(H,27,30)(H2,28,29,31). The number of hydrogen-bond acceptors (Lipinski definition) is 3. The van der Waals surface area contributed by atoms with Gasteiger partial charge in [0.1, 0.15) is 0 Å². The quantitative estimate of drug-likeness (QED) is 0.243. The molecule has 0 aliphatic carbocycles. The second kappa shape index (κ2) is 11.4. The number of thiocarbonyl (C=S) groups is 1. The first-order valence-corrected chi connectivity index (χ1v) is 12.0. The third kappa shape index (κ3) is 6.99. The number of benzene rings is 3. The summed E-state index contributed by atoms with van der Waals surface area (Å²) in [4.78, 5) is 13.8. The maximum absolute atomic E-state index is 12.8. The molecule has 0 radical (unpaired) electrons. The fourth-order valence-electron chi connectivity index (χ4n) is 2.96. The van der Waals surface area contributed by atoms with E-state index in [4.69, 9.17) is 23.8 Å². The molecule has 3 rings (SSSR count). The monoisotopic (exact) mass is 483 g/mol. The highest BCUT2D eigenvalue weighted by Crippen LogP contribution is 2.29. The Morgan fingerprint density at radius 3 is 2.28 bits per heavy atom. The van der Waals surface area contributed by atoms with E-state index in [2.05, 4.69) is 16.0 Å². The molecule has 0 spiro atoms. The molecule has 0 aromatic heterocycles. The van der Waals surface area contributed by atoms with Gasteiger partial charge in [-0.1, -0.05) is 48.4 Å². The van der Waals surface area contributed by atoms with E-state index in [9.17, 15) is 4.79 Å². The van der Waals surface area contributed by atoms with Gasteiger partial charge in [0, 0.05) is 27.0 Å². The van der Waals surface area contributed by atoms with Gasteiger partial charge < -0.3 is 16.0 Å². The van der Waals surface area contributed by atoms with Crippen molar-refractivity contribution < 1.29 is 4.79 Å². The molecule has 166 valence electrons. The van der Waals surface area contributed by atoms with Gasteiger partial charge in [-0.3, -0.25) is 4.79 Å². The predicted octanol–water partition coefficient (Wildman–Crippen LogP) is 7.28. The average molecular weight is 484 g/mol. The van der Waals surface area contributed by atoms with E-state index < -0.39 is 0 Å². The van der Waals surface area contributed by atoms with Crippen LogP contribution in [0.5, 0.6) is 0 Å². The Hall–Kier alpha value is -2.54. The second-order valence-electron chi connectivity index (χ2n) is 7.44. The molecule has 0 bridgehead atoms. The number of aryl methyl sites for hydroxylation is 2. The SMILES string of the molecule is CCC(Sc1cccc(NC(=S)Nc2ccc(C)cc2)c1)C(=O)Nc1ccc(C)c(Cl)c1. The van der Waals surface area contributed by atoms with E-state index in [0.717, 1.165) is 21.8 Å². The van der Waals surface area contributed by atoms with Crippen LogP contribution in [0.25, 0.3) is 0 Å². The molecule has 0 fully saturated rings. The Morgan fingerprint density at radius 1 is 0.938 bits per heavy atom. The summed E-state index contributed by atoms with van der Waals surface area (Å²) in [6.45, 7) is 5.98. The van der Waals surface area contributed by atoms with Crippen LogP contribution in [-0.2, 0) is 4.79 Å². The summed E-state index contributed by atoms with van der Waals surface area (Å²) in [7, 11) is 0. The molecule has 3 aromatic rings. The maximum Gasteiger partial charge on any atom is 0.237 e. The minimum atomic E-state index is -0.233. The fraction of sp³-hybridized carbons (Fsp3) is 0.200. The minimum Gasteiger partial charge on any atom is -0.332 e. The first kappa shape index (κ1) is 24.1. The first-order valence-electron chi connectivity index (χ1n) is 10.3. The Balaban J connectivity index is 1.61. The predicted molar refractivity (Wildman–Crippen MR) is 142 cm³/mol. The summed E-state index contributed by atoms with van der Waals surface area (Å²) in [6, 6.07) is 21.5. The first-order chi connectivity index (χ1) is 15.3. The van der Waals surface area contributed by atoms with Gasteiger partial charge in [-0.15, -0.1) is 11.8 Å². The maximum atomic E-state index is 12.8. The highest BCUT2D eigenvalue weighted by molar-refractivity contribution is 8.00. The summed E-state index contributed by atoms with van der Waals surface area (Å²) in [6.07, 6.45) is 0.696. The van der Waals surface area contributed by atoms with Crippen molar-refractivity contribution >= 4 is 63.7 Å². The summed E-state index contributed by atoms with van der Waals surface area (Å²) in [5, 5.41) is 10.3. The van der Waals surface area contributed by atoms with Gasteiger partial charge in [-0.2, -0.15) is 0 Å². The number of nitrogens with one attached hydrogen (secondary N) is 3. The van der Waals surface area contributed by atoms with Gasteiger partial charge in [0.2, 0.25) is 5.91 Å². The minimum absolute atomic E-state index is 0.0488. The van der Waals surface area contributed by atoms with Crippen molar-refractivity contribution in [2.75, 3.05) is 16.0 Å². The van der Waals surface area contributed by atoms with Crippen LogP contribution >= 0.6 is 35.6 Å². The molecule has 0 aliphatic heterocycles. The third-order valence-corrected chi connectivity index (χ3v) is 6.75. The molecule has 1 amide bonds. The van der Waals surface area contributed by atoms with Crippen LogP contribution in [0, 0.1) is 13.8 Å². The van der Waals surface area contributed by atoms with E-state index in [1.54, 1.807) is 6.07 Å². The highest BCUT2D eigenvalue weighted by Gasteiger charge is 2.18. The second-order valence-corrected chi connectivity index (χ2v) is 9.53. The molecule has 0 aliphatic rings. The third-order valence-electron chi connectivity index (χ3n) is 4.78. The number of thioether (sulfide) groups is 1. The molecule has 1 unspecified atom stereocenters. The highest BCUT2D eigenvalue weighted by atomic mass is 35.5. The molecule has 1 atom stereocenters. The zero-order valence-corrected chi connectivity index (χ0v) is 20.6. The van der Waals surface area contributed by atoms with Crippen LogP contribution in [0.4, 0.5) is 17.1 Å². The summed E-state index contributed by atoms with van der Waals surface area (Å²) < 4.78 is 0. The van der Waals surface area contributed by atoms with Gasteiger partial charge in [-0.25, -0.2) is 0 Å². The van der Waals surface area contributed by atoms with Gasteiger partial charge in [-0.05, 0) is 80.5 Å². The average Bonchev–Trinajstić information content (AvgIpc) is 2.76. The molecule has 3 N–H and O–H groups in total. The zero-order valence-electron chi connectivity index (χ0n) is 18.2. The van der Waals surface area contributed by atoms with Gasteiger partial charge in [0.15, 0.2) is 5.11 Å². The fourth-order valence-corrected chi connectivity index (χ4v) is 4.39. The lowest BCUT2D eigenvalue weighted by Gasteiger charge is -2.16. The van der Waals surface area contributed by atoms with Gasteiger partial charge in [0.05, 0.1) is 5.25 Å². The Labute approximate surface area is 204 Å². The van der Waals surface area contributed by atoms with Crippen molar-refractivity contribution in [2.24, 2.45) is 0 Å². The molecule has 0 saturated carbocycles. The molecular formula is C25H26ClN3OS2. The number of amides is 1. The van der Waals surface area contributed by atoms with Crippen molar-refractivity contribution in [3.63, 3.8) is 0 Å². The van der Waals surface area contributed by atoms with E-state index >= 15 is 0 Å². The Kier molecular flexibility index (Phi) is 8.56. The summed E-state index contributed by atoms with van der Waals surface area (Å²) in [5.41, 5.74) is 4.66. The lowest BCUT2D eigenvalue weighted by atomic mass is 10.2. The molecule has 4 nitrogen and oxygen atoms in total. The largest absolute Gasteiger partial charge is 0.332 e. The van der Waals surface area contributed by atoms with Gasteiger partial charge >= 0.3 is 0 Å². The Morgan fingerprint density at radius 2 is 1.59 bits per heavy atom. The van der Waals surface area contributed by atoms with Crippen molar-refractivity contribution in [3.05, 3.63) is 82.9 Å². The van der Waals surface area contributed by atoms with E-state index in [1.807, 2.05) is 81.4 Å². The smallest absolute Gasteiger partial charge is 0.237 e. The van der Waals surface area contributed by atoms with Crippen molar-refractivity contribution in [1.29, 1.82) is 0 Å². The molecule has 0 saturated heterocycles. The lowest BCUT2D eigenvalue weighted by Crippen LogP contribution is -2.24. The van der Waals surface area contributed by atoms with Crippen molar-refractivity contribution in [1.82, 2.24) is 0 Å². The van der Waals surface area contributed by atoms with Crippen molar-refractivity contribution in [2.45, 2.75) is 37.3 Å². The van der Waals surface area contributed by atoms with Gasteiger partial charge in [0.25, 0.3) is 0 Å². The number of carbonyl (C=O) groups excluding carboxylic acids is 1. The molecule has 32 heavy (non-hydrogen) atoms. The van der Waals surface area contributed by atoms with E-state index in [-0.39, 0.29) is 11.2 Å². The van der Waals surface area contributed by atoms with Crippen LogP contribution in [0.15, 0.2) is 71.6 Å². The number of rotatable bonds is 7. The Bertz CT molecular complexity index is 1100. The van der Waals surface area contributed by atoms with E-state index in [1.165, 1.54) is 17.3 Å². The number of carbonyl (C=O) groups is 1. The molecule has 3 aromatic carbocycles. The number of anilines is 3. The molecule has 7 heteroatoms. The van der Waals surface area contributed by atoms with Crippen LogP contribution in [-0.4, -0.2) is 16.3 Å². The van der Waals surface area contributed by atoms with Crippen LogP contribution in [0.2, 0.25) is 5.02 Å². The zero-order chi connectivity index (χ0) is 23.1. The van der Waals surface area contributed by atoms with Crippen LogP contribution in [0.3, 0.4) is 0 Å². The topological polar surface area (TPSA) is 53.2 Å². The summed E-state index contributed by atoms with van der Waals surface area (Å²) in [5.74, 6) is -0.0488. The normalized spacial score (nSPS) is 11.5. The van der Waals surface area contributed by atoms with Crippen LogP contribution in [0.1, 0.15) is 24.5 Å². The van der Waals surface area contributed by atoms with E-state index in [0.29, 0.717) is 22.2 Å². The molecular weight excluding hydrogens is 458 g/mol.